The highest BCUT2D eigenvalue weighted by atomic mass is 35.5. The molecule has 41 heavy (non-hydrogen) atoms. The molecule has 1 atom stereocenters. The van der Waals surface area contributed by atoms with Gasteiger partial charge in [0.25, 0.3) is 0 Å². The monoisotopic (exact) mass is 631 g/mol. The molecule has 2 aromatic heterocycles. The number of anilines is 1. The number of benzene rings is 2. The lowest BCUT2D eigenvalue weighted by Crippen LogP contribution is -2.41. The van der Waals surface area contributed by atoms with E-state index in [2.05, 4.69) is 15.2 Å². The molecule has 1 saturated heterocycles. The van der Waals surface area contributed by atoms with Gasteiger partial charge in [-0.15, -0.1) is 10.2 Å². The molecule has 218 valence electrons. The summed E-state index contributed by atoms with van der Waals surface area (Å²) in [5.41, 5.74) is -0.188. The summed E-state index contributed by atoms with van der Waals surface area (Å²) in [6.45, 7) is -1.13. The summed E-state index contributed by atoms with van der Waals surface area (Å²) >= 11 is 12.3. The van der Waals surface area contributed by atoms with Crippen LogP contribution in [-0.4, -0.2) is 79.5 Å². The summed E-state index contributed by atoms with van der Waals surface area (Å²) in [5, 5.41) is 19.1. The molecular weight excluding hydrogens is 610 g/mol. The van der Waals surface area contributed by atoms with E-state index < -0.39 is 34.4 Å². The summed E-state index contributed by atoms with van der Waals surface area (Å²) < 4.78 is 66.6. The Morgan fingerprint density at radius 1 is 1.00 bits per heavy atom. The minimum Gasteiger partial charge on any atom is -0.382 e. The van der Waals surface area contributed by atoms with Gasteiger partial charge in [0.05, 0.1) is 28.8 Å². The fourth-order valence-electron chi connectivity index (χ4n) is 4.25. The van der Waals surface area contributed by atoms with Gasteiger partial charge >= 0.3 is 11.9 Å². The van der Waals surface area contributed by atoms with Crippen LogP contribution in [0.1, 0.15) is 5.82 Å². The van der Waals surface area contributed by atoms with Crippen LogP contribution in [-0.2, 0) is 22.9 Å². The van der Waals surface area contributed by atoms with Crippen molar-refractivity contribution in [2.45, 2.75) is 25.4 Å². The minimum absolute atomic E-state index is 0.0686. The van der Waals surface area contributed by atoms with Crippen molar-refractivity contribution in [1.82, 2.24) is 29.1 Å². The molecule has 1 aliphatic rings. The minimum atomic E-state index is -4.97. The first kappa shape index (κ1) is 29.1. The van der Waals surface area contributed by atoms with E-state index in [0.717, 1.165) is 9.25 Å². The number of halogens is 5. The van der Waals surface area contributed by atoms with Gasteiger partial charge in [0.1, 0.15) is 6.54 Å². The standard InChI is InChI=1S/C24H22Cl2F3N7O4S/c25-16-7-5-15(6-8-16)21-32-35(23(38)34(21)13-19(37)24(27,28)29)14-20-30-22(33-9-11-41(39,40)12-10-33)36(31-20)18-4-2-1-3-17(18)26/h1-8,19,37H,9-14H2. The van der Waals surface area contributed by atoms with Crippen LogP contribution < -0.4 is 10.6 Å². The first-order valence-electron chi connectivity index (χ1n) is 12.2. The van der Waals surface area contributed by atoms with Crippen molar-refractivity contribution < 1.29 is 26.7 Å². The van der Waals surface area contributed by atoms with Gasteiger partial charge in [-0.05, 0) is 36.4 Å². The number of alkyl halides is 3. The Morgan fingerprint density at radius 3 is 2.29 bits per heavy atom. The van der Waals surface area contributed by atoms with Gasteiger partial charge in [-0.1, -0.05) is 35.3 Å². The van der Waals surface area contributed by atoms with Crippen molar-refractivity contribution in [3.8, 4) is 17.1 Å². The molecule has 4 aromatic rings. The molecule has 1 fully saturated rings. The molecule has 0 amide bonds. The van der Waals surface area contributed by atoms with Gasteiger partial charge in [-0.2, -0.15) is 22.8 Å². The summed E-state index contributed by atoms with van der Waals surface area (Å²) in [6, 6.07) is 12.7. The summed E-state index contributed by atoms with van der Waals surface area (Å²) in [7, 11) is -3.20. The third-order valence-corrected chi connectivity index (χ3v) is 8.57. The Bertz CT molecular complexity index is 1720. The Morgan fingerprint density at radius 2 is 1.66 bits per heavy atom. The number of rotatable bonds is 7. The number of nitrogens with zero attached hydrogens (tertiary/aromatic N) is 7. The SMILES string of the molecule is O=c1n(Cc2nc(N3CCS(=O)(=O)CC3)n(-c3ccccc3Cl)n2)nc(-c2ccc(Cl)cc2)n1CC(O)C(F)(F)F. The number of aromatic nitrogens is 6. The third kappa shape index (κ3) is 6.27. The van der Waals surface area contributed by atoms with Gasteiger partial charge in [0.2, 0.25) is 5.95 Å². The lowest BCUT2D eigenvalue weighted by Gasteiger charge is -2.27. The molecule has 17 heteroatoms. The third-order valence-electron chi connectivity index (χ3n) is 6.39. The first-order valence-corrected chi connectivity index (χ1v) is 14.7. The van der Waals surface area contributed by atoms with E-state index in [1.165, 1.54) is 28.9 Å². The molecule has 0 bridgehead atoms. The second-order valence-electron chi connectivity index (χ2n) is 9.27. The van der Waals surface area contributed by atoms with Crippen LogP contribution in [0.5, 0.6) is 0 Å². The molecule has 1 N–H and O–H groups in total. The van der Waals surface area contributed by atoms with Crippen LogP contribution in [0.4, 0.5) is 19.1 Å². The van der Waals surface area contributed by atoms with Crippen molar-refractivity contribution in [3.63, 3.8) is 0 Å². The fourth-order valence-corrected chi connectivity index (χ4v) is 5.79. The predicted octanol–water partition coefficient (Wildman–Crippen LogP) is 2.81. The van der Waals surface area contributed by atoms with E-state index in [1.54, 1.807) is 29.2 Å². The highest BCUT2D eigenvalue weighted by Gasteiger charge is 2.39. The molecule has 5 rings (SSSR count). The topological polar surface area (TPSA) is 128 Å². The van der Waals surface area contributed by atoms with Crippen molar-refractivity contribution in [2.75, 3.05) is 29.5 Å². The average Bonchev–Trinajstić information content (AvgIpc) is 3.46. The van der Waals surface area contributed by atoms with Crippen molar-refractivity contribution in [1.29, 1.82) is 0 Å². The quantitative estimate of drug-likeness (QED) is 0.330. The maximum atomic E-state index is 13.3. The van der Waals surface area contributed by atoms with Crippen molar-refractivity contribution >= 4 is 39.0 Å². The molecule has 11 nitrogen and oxygen atoms in total. The van der Waals surface area contributed by atoms with Crippen LogP contribution in [0.15, 0.2) is 53.3 Å². The predicted molar refractivity (Wildman–Crippen MR) is 145 cm³/mol. The molecule has 3 heterocycles. The van der Waals surface area contributed by atoms with Crippen molar-refractivity contribution in [2.24, 2.45) is 0 Å². The summed E-state index contributed by atoms with van der Waals surface area (Å²) in [5.74, 6) is 0.0446. The number of hydrogen-bond donors (Lipinski definition) is 1. The van der Waals surface area contributed by atoms with E-state index in [-0.39, 0.29) is 48.7 Å². The van der Waals surface area contributed by atoms with Crippen molar-refractivity contribution in [3.05, 3.63) is 74.9 Å². The number of hydrogen-bond acceptors (Lipinski definition) is 8. The van der Waals surface area contributed by atoms with Gasteiger partial charge < -0.3 is 10.0 Å². The largest absolute Gasteiger partial charge is 0.416 e. The van der Waals surface area contributed by atoms with Crippen LogP contribution in [0.25, 0.3) is 17.1 Å². The summed E-state index contributed by atoms with van der Waals surface area (Å²) in [6.07, 6.45) is -7.78. The number of aliphatic hydroxyl groups is 1. The maximum absolute atomic E-state index is 13.3. The molecular formula is C24H22Cl2F3N7O4S. The molecule has 0 aliphatic carbocycles. The van der Waals surface area contributed by atoms with E-state index in [9.17, 15) is 31.5 Å². The second kappa shape index (κ2) is 11.1. The Kier molecular flexibility index (Phi) is 7.89. The molecule has 2 aromatic carbocycles. The Balaban J connectivity index is 1.56. The van der Waals surface area contributed by atoms with E-state index in [0.29, 0.717) is 21.3 Å². The number of para-hydroxylation sites is 1. The van der Waals surface area contributed by atoms with E-state index in [1.807, 2.05) is 0 Å². The molecule has 0 saturated carbocycles. The van der Waals surface area contributed by atoms with Gasteiger partial charge in [0, 0.05) is 23.7 Å². The van der Waals surface area contributed by atoms with Crippen LogP contribution in [0.3, 0.4) is 0 Å². The average molecular weight is 632 g/mol. The maximum Gasteiger partial charge on any atom is 0.416 e. The van der Waals surface area contributed by atoms with Gasteiger partial charge in [-0.25, -0.2) is 17.9 Å². The summed E-state index contributed by atoms with van der Waals surface area (Å²) in [4.78, 5) is 19.5. The highest BCUT2D eigenvalue weighted by molar-refractivity contribution is 7.91. The lowest BCUT2D eigenvalue weighted by atomic mass is 10.2. The fraction of sp³-hybridized carbons (Fsp3) is 0.333. The van der Waals surface area contributed by atoms with Crippen LogP contribution >= 0.6 is 23.2 Å². The zero-order valence-electron chi connectivity index (χ0n) is 21.0. The van der Waals surface area contributed by atoms with Gasteiger partial charge in [0.15, 0.2) is 27.6 Å². The molecule has 0 spiro atoms. The number of sulfone groups is 1. The van der Waals surface area contributed by atoms with E-state index in [4.69, 9.17) is 23.2 Å². The molecule has 1 unspecified atom stereocenters. The smallest absolute Gasteiger partial charge is 0.382 e. The lowest BCUT2D eigenvalue weighted by molar-refractivity contribution is -0.207. The van der Waals surface area contributed by atoms with Crippen LogP contribution in [0, 0.1) is 0 Å². The Hall–Kier alpha value is -3.40. The van der Waals surface area contributed by atoms with Crippen LogP contribution in [0.2, 0.25) is 10.0 Å². The number of aliphatic hydroxyl groups excluding tert-OH is 1. The Labute approximate surface area is 241 Å². The highest BCUT2D eigenvalue weighted by Crippen LogP contribution is 2.27. The normalized spacial score (nSPS) is 16.2. The second-order valence-corrected chi connectivity index (χ2v) is 12.4. The van der Waals surface area contributed by atoms with Gasteiger partial charge in [-0.3, -0.25) is 4.57 Å². The molecule has 0 radical (unpaired) electrons. The molecule has 1 aliphatic heterocycles. The zero-order valence-corrected chi connectivity index (χ0v) is 23.4. The first-order chi connectivity index (χ1) is 19.3. The zero-order chi connectivity index (χ0) is 29.5. The van der Waals surface area contributed by atoms with E-state index >= 15 is 0 Å².